The van der Waals surface area contributed by atoms with Gasteiger partial charge in [-0.3, -0.25) is 13.9 Å². The summed E-state index contributed by atoms with van der Waals surface area (Å²) in [6, 6.07) is 25.9. The van der Waals surface area contributed by atoms with E-state index < -0.39 is 28.5 Å². The van der Waals surface area contributed by atoms with Crippen molar-refractivity contribution in [2.45, 2.75) is 57.1 Å². The molecule has 4 aromatic rings. The molecule has 2 atom stereocenters. The first kappa shape index (κ1) is 35.3. The van der Waals surface area contributed by atoms with E-state index in [-0.39, 0.29) is 45.5 Å². The topological polar surface area (TPSA) is 86.8 Å². The lowest BCUT2D eigenvalue weighted by Crippen LogP contribution is -2.54. The fourth-order valence-electron chi connectivity index (χ4n) is 4.85. The van der Waals surface area contributed by atoms with Crippen LogP contribution in [0.1, 0.15) is 37.0 Å². The monoisotopic (exact) mass is 699 g/mol. The minimum Gasteiger partial charge on any atom is -0.352 e. The van der Waals surface area contributed by atoms with Crippen molar-refractivity contribution < 1.29 is 18.0 Å². The van der Waals surface area contributed by atoms with Gasteiger partial charge in [-0.05, 0) is 73.9 Å². The molecule has 7 nitrogen and oxygen atoms in total. The molecule has 0 radical (unpaired) electrons. The zero-order valence-corrected chi connectivity index (χ0v) is 28.9. The van der Waals surface area contributed by atoms with Gasteiger partial charge >= 0.3 is 0 Å². The Labute approximate surface area is 286 Å². The van der Waals surface area contributed by atoms with Gasteiger partial charge in [-0.15, -0.1) is 0 Å². The maximum atomic E-state index is 14.6. The third-order valence-electron chi connectivity index (χ3n) is 7.58. The fraction of sp³-hybridized carbons (Fsp3) is 0.257. The molecule has 0 bridgehead atoms. The minimum absolute atomic E-state index is 0.00742. The van der Waals surface area contributed by atoms with Crippen LogP contribution in [0.25, 0.3) is 0 Å². The van der Waals surface area contributed by atoms with Crippen molar-refractivity contribution in [1.29, 1.82) is 0 Å². The Balaban J connectivity index is 1.84. The van der Waals surface area contributed by atoms with E-state index in [2.05, 4.69) is 5.32 Å². The Bertz CT molecular complexity index is 1770. The standard InChI is InChI=1S/C35H36Cl3N3O4S/c1-4-25(3)39-35(43)33(20-26-9-6-5-7-10-26)40(22-27-11-8-12-28(36)19-27)34(42)23-41(32-21-29(37)15-18-31(32)38)46(44,45)30-16-13-24(2)14-17-30/h5-19,21,25,33H,4,20,22-23H2,1-3H3,(H,39,43)/t25-,33-/m1/s1. The van der Waals surface area contributed by atoms with Crippen molar-refractivity contribution in [2.75, 3.05) is 10.8 Å². The highest BCUT2D eigenvalue weighted by atomic mass is 35.5. The summed E-state index contributed by atoms with van der Waals surface area (Å²) < 4.78 is 29.4. The highest BCUT2D eigenvalue weighted by Gasteiger charge is 2.35. The van der Waals surface area contributed by atoms with Crippen molar-refractivity contribution in [1.82, 2.24) is 10.2 Å². The number of hydrogen-bond acceptors (Lipinski definition) is 4. The van der Waals surface area contributed by atoms with Gasteiger partial charge in [-0.2, -0.15) is 0 Å². The van der Waals surface area contributed by atoms with Crippen molar-refractivity contribution in [2.24, 2.45) is 0 Å². The first-order valence-electron chi connectivity index (χ1n) is 14.8. The number of aryl methyl sites for hydroxylation is 1. The number of sulfonamides is 1. The van der Waals surface area contributed by atoms with Crippen LogP contribution in [-0.4, -0.2) is 43.8 Å². The average molecular weight is 701 g/mol. The number of nitrogens with zero attached hydrogens (tertiary/aromatic N) is 2. The van der Waals surface area contributed by atoms with Crippen LogP contribution >= 0.6 is 34.8 Å². The normalized spacial score (nSPS) is 12.7. The summed E-state index contributed by atoms with van der Waals surface area (Å²) in [5.41, 5.74) is 2.40. The Kier molecular flexibility index (Phi) is 12.1. The third kappa shape index (κ3) is 9.04. The number of amides is 2. The largest absolute Gasteiger partial charge is 0.352 e. The zero-order valence-electron chi connectivity index (χ0n) is 25.8. The van der Waals surface area contributed by atoms with Crippen LogP contribution < -0.4 is 9.62 Å². The van der Waals surface area contributed by atoms with E-state index in [1.807, 2.05) is 51.1 Å². The summed E-state index contributed by atoms with van der Waals surface area (Å²) in [5, 5.41) is 3.80. The lowest BCUT2D eigenvalue weighted by Gasteiger charge is -2.34. The van der Waals surface area contributed by atoms with E-state index >= 15 is 0 Å². The van der Waals surface area contributed by atoms with Crippen molar-refractivity contribution >= 4 is 62.3 Å². The van der Waals surface area contributed by atoms with Gasteiger partial charge in [0, 0.05) is 29.1 Å². The maximum absolute atomic E-state index is 14.6. The second-order valence-corrected chi connectivity index (χ2v) is 14.2. The predicted molar refractivity (Wildman–Crippen MR) is 186 cm³/mol. The molecule has 0 aliphatic carbocycles. The van der Waals surface area contributed by atoms with Gasteiger partial charge in [-0.25, -0.2) is 8.42 Å². The summed E-state index contributed by atoms with van der Waals surface area (Å²) in [5.74, 6) is -0.978. The zero-order chi connectivity index (χ0) is 33.4. The van der Waals surface area contributed by atoms with Gasteiger partial charge in [0.1, 0.15) is 12.6 Å². The molecule has 4 rings (SSSR count). The molecule has 0 heterocycles. The summed E-state index contributed by atoms with van der Waals surface area (Å²) in [7, 11) is -4.32. The molecule has 0 aliphatic rings. The lowest BCUT2D eigenvalue weighted by atomic mass is 10.0. The molecule has 1 N–H and O–H groups in total. The van der Waals surface area contributed by atoms with Gasteiger partial charge < -0.3 is 10.2 Å². The molecule has 0 aliphatic heterocycles. The number of nitrogens with one attached hydrogen (secondary N) is 1. The summed E-state index contributed by atoms with van der Waals surface area (Å²) >= 11 is 19.2. The van der Waals surface area contributed by atoms with Crippen LogP contribution in [0.3, 0.4) is 0 Å². The molecule has 46 heavy (non-hydrogen) atoms. The molecule has 0 saturated heterocycles. The van der Waals surface area contributed by atoms with Gasteiger partial charge in [-0.1, -0.05) is 102 Å². The van der Waals surface area contributed by atoms with E-state index in [0.29, 0.717) is 17.0 Å². The van der Waals surface area contributed by atoms with Crippen LogP contribution in [0, 0.1) is 6.92 Å². The van der Waals surface area contributed by atoms with Gasteiger partial charge in [0.25, 0.3) is 10.0 Å². The maximum Gasteiger partial charge on any atom is 0.264 e. The fourth-order valence-corrected chi connectivity index (χ4v) is 6.93. The van der Waals surface area contributed by atoms with Crippen molar-refractivity contribution in [3.63, 3.8) is 0 Å². The summed E-state index contributed by atoms with van der Waals surface area (Å²) in [4.78, 5) is 29.9. The summed E-state index contributed by atoms with van der Waals surface area (Å²) in [6.45, 7) is 5.02. The predicted octanol–water partition coefficient (Wildman–Crippen LogP) is 7.71. The first-order valence-corrected chi connectivity index (χ1v) is 17.4. The van der Waals surface area contributed by atoms with Gasteiger partial charge in [0.15, 0.2) is 0 Å². The van der Waals surface area contributed by atoms with Crippen LogP contribution in [0.15, 0.2) is 102 Å². The molecule has 2 amide bonds. The third-order valence-corrected chi connectivity index (χ3v) is 10.1. The Morgan fingerprint density at radius 2 is 1.48 bits per heavy atom. The number of carbonyl (C=O) groups is 2. The highest BCUT2D eigenvalue weighted by Crippen LogP contribution is 2.33. The van der Waals surface area contributed by atoms with E-state index in [1.54, 1.807) is 36.4 Å². The number of anilines is 1. The number of hydrogen-bond donors (Lipinski definition) is 1. The molecular formula is C35H36Cl3N3O4S. The highest BCUT2D eigenvalue weighted by molar-refractivity contribution is 7.92. The Hall–Kier alpha value is -3.56. The first-order chi connectivity index (χ1) is 21.9. The molecule has 242 valence electrons. The number of carbonyl (C=O) groups excluding carboxylic acids is 2. The molecule has 11 heteroatoms. The molecule has 0 saturated carbocycles. The minimum atomic E-state index is -4.32. The van der Waals surface area contributed by atoms with Crippen LogP contribution in [0.2, 0.25) is 15.1 Å². The van der Waals surface area contributed by atoms with E-state index in [1.165, 1.54) is 35.2 Å². The van der Waals surface area contributed by atoms with Gasteiger partial charge in [0.2, 0.25) is 11.8 Å². The molecule has 0 unspecified atom stereocenters. The van der Waals surface area contributed by atoms with Crippen molar-refractivity contribution in [3.05, 3.63) is 129 Å². The number of benzene rings is 4. The summed E-state index contributed by atoms with van der Waals surface area (Å²) in [6.07, 6.45) is 0.875. The van der Waals surface area contributed by atoms with Crippen molar-refractivity contribution in [3.8, 4) is 0 Å². The molecule has 4 aromatic carbocycles. The lowest BCUT2D eigenvalue weighted by molar-refractivity contribution is -0.140. The number of halogens is 3. The van der Waals surface area contributed by atoms with E-state index in [4.69, 9.17) is 34.8 Å². The molecular weight excluding hydrogens is 665 g/mol. The Morgan fingerprint density at radius 3 is 2.13 bits per heavy atom. The SMILES string of the molecule is CC[C@@H](C)NC(=O)[C@@H](Cc1ccccc1)N(Cc1cccc(Cl)c1)C(=O)CN(c1cc(Cl)ccc1Cl)S(=O)(=O)c1ccc(C)cc1. The van der Waals surface area contributed by atoms with Gasteiger partial charge in [0.05, 0.1) is 15.6 Å². The smallest absolute Gasteiger partial charge is 0.264 e. The second-order valence-electron chi connectivity index (χ2n) is 11.1. The quantitative estimate of drug-likeness (QED) is 0.155. The average Bonchev–Trinajstić information content (AvgIpc) is 3.03. The molecule has 0 fully saturated rings. The molecule has 0 aromatic heterocycles. The van der Waals surface area contributed by atoms with Crippen LogP contribution in [-0.2, 0) is 32.6 Å². The van der Waals surface area contributed by atoms with E-state index in [0.717, 1.165) is 15.4 Å². The van der Waals surface area contributed by atoms with Crippen LogP contribution in [0.5, 0.6) is 0 Å². The Morgan fingerprint density at radius 1 is 0.826 bits per heavy atom. The number of rotatable bonds is 13. The van der Waals surface area contributed by atoms with E-state index in [9.17, 15) is 18.0 Å². The second kappa shape index (κ2) is 15.8. The molecule has 0 spiro atoms. The van der Waals surface area contributed by atoms with Crippen LogP contribution in [0.4, 0.5) is 5.69 Å².